The van der Waals surface area contributed by atoms with Crippen molar-refractivity contribution in [1.82, 2.24) is 4.90 Å². The number of likely N-dealkylation sites (tertiary alicyclic amines) is 1. The van der Waals surface area contributed by atoms with Crippen LogP contribution in [0.25, 0.3) is 0 Å². The second-order valence-corrected chi connectivity index (χ2v) is 6.41. The minimum Gasteiger partial charge on any atom is -0.481 e. The number of anilines is 1. The minimum absolute atomic E-state index is 0.195. The van der Waals surface area contributed by atoms with Crippen LogP contribution in [-0.4, -0.2) is 40.9 Å². The number of benzene rings is 1. The predicted octanol–water partition coefficient (Wildman–Crippen LogP) is 2.78. The van der Waals surface area contributed by atoms with Gasteiger partial charge in [0.2, 0.25) is 0 Å². The van der Waals surface area contributed by atoms with Crippen LogP contribution in [-0.2, 0) is 4.79 Å². The van der Waals surface area contributed by atoms with Crippen molar-refractivity contribution in [3.05, 3.63) is 53.5 Å². The quantitative estimate of drug-likeness (QED) is 0.877. The van der Waals surface area contributed by atoms with Gasteiger partial charge in [0.25, 0.3) is 11.8 Å². The molecule has 0 spiro atoms. The summed E-state index contributed by atoms with van der Waals surface area (Å²) >= 11 is 0. The lowest BCUT2D eigenvalue weighted by molar-refractivity contribution is -0.143. The Morgan fingerprint density at radius 2 is 1.92 bits per heavy atom. The third kappa shape index (κ3) is 3.93. The minimum atomic E-state index is -0.866. The molecular formula is C19H20N2O5. The van der Waals surface area contributed by atoms with Gasteiger partial charge in [0, 0.05) is 24.3 Å². The maximum absolute atomic E-state index is 12.6. The molecule has 2 N–H and O–H groups in total. The van der Waals surface area contributed by atoms with Crippen LogP contribution in [0.3, 0.4) is 0 Å². The first-order valence-electron chi connectivity index (χ1n) is 8.42. The van der Waals surface area contributed by atoms with E-state index >= 15 is 0 Å². The number of piperidine rings is 1. The topological polar surface area (TPSA) is 99.9 Å². The van der Waals surface area contributed by atoms with Crippen molar-refractivity contribution in [2.24, 2.45) is 5.92 Å². The molecular weight excluding hydrogens is 336 g/mol. The zero-order valence-electron chi connectivity index (χ0n) is 14.4. The predicted molar refractivity (Wildman–Crippen MR) is 94.1 cm³/mol. The fourth-order valence-electron chi connectivity index (χ4n) is 3.01. The van der Waals surface area contributed by atoms with Crippen LogP contribution in [0.2, 0.25) is 0 Å². The van der Waals surface area contributed by atoms with E-state index in [2.05, 4.69) is 5.32 Å². The van der Waals surface area contributed by atoms with Crippen LogP contribution in [0.15, 0.2) is 41.0 Å². The highest BCUT2D eigenvalue weighted by atomic mass is 16.4. The SMILES string of the molecule is Cc1cc(C(=O)Nc2ccc(C(=O)N3CCCC(C(=O)O)C3)cc2)co1. The van der Waals surface area contributed by atoms with Gasteiger partial charge in [0.15, 0.2) is 0 Å². The molecule has 1 aliphatic rings. The Bertz CT molecular complexity index is 825. The van der Waals surface area contributed by atoms with Crippen molar-refractivity contribution in [3.63, 3.8) is 0 Å². The molecule has 1 aromatic heterocycles. The lowest BCUT2D eigenvalue weighted by Gasteiger charge is -2.30. The fraction of sp³-hybridized carbons (Fsp3) is 0.316. The fourth-order valence-corrected chi connectivity index (χ4v) is 3.01. The van der Waals surface area contributed by atoms with Crippen molar-refractivity contribution in [2.45, 2.75) is 19.8 Å². The Kier molecular flexibility index (Phi) is 5.06. The van der Waals surface area contributed by atoms with E-state index < -0.39 is 11.9 Å². The third-order valence-electron chi connectivity index (χ3n) is 4.44. The molecule has 0 aliphatic carbocycles. The van der Waals surface area contributed by atoms with Crippen LogP contribution in [0, 0.1) is 12.8 Å². The molecule has 1 unspecified atom stereocenters. The molecule has 1 atom stereocenters. The molecule has 7 heteroatoms. The summed E-state index contributed by atoms with van der Waals surface area (Å²) in [5, 5.41) is 11.9. The number of hydrogen-bond donors (Lipinski definition) is 2. The number of aryl methyl sites for hydroxylation is 1. The lowest BCUT2D eigenvalue weighted by atomic mass is 9.97. The summed E-state index contributed by atoms with van der Waals surface area (Å²) in [5.74, 6) is -1.21. The Morgan fingerprint density at radius 1 is 1.19 bits per heavy atom. The molecule has 2 heterocycles. The van der Waals surface area contributed by atoms with Gasteiger partial charge in [-0.25, -0.2) is 0 Å². The second kappa shape index (κ2) is 7.43. The highest BCUT2D eigenvalue weighted by Crippen LogP contribution is 2.20. The zero-order chi connectivity index (χ0) is 18.7. The summed E-state index contributed by atoms with van der Waals surface area (Å²) in [7, 11) is 0. The number of nitrogens with one attached hydrogen (secondary N) is 1. The Labute approximate surface area is 150 Å². The molecule has 0 bridgehead atoms. The summed E-state index contributed by atoms with van der Waals surface area (Å²) in [6.07, 6.45) is 2.66. The molecule has 1 aromatic carbocycles. The van der Waals surface area contributed by atoms with E-state index in [-0.39, 0.29) is 18.4 Å². The van der Waals surface area contributed by atoms with E-state index in [4.69, 9.17) is 9.52 Å². The molecule has 136 valence electrons. The normalized spacial score (nSPS) is 17.0. The standard InChI is InChI=1S/C19H20N2O5/c1-12-9-15(11-26-12)17(22)20-16-6-4-13(5-7-16)18(23)21-8-2-3-14(10-21)19(24)25/h4-7,9,11,14H,2-3,8,10H2,1H3,(H,20,22)(H,24,25). The van der Waals surface area contributed by atoms with Gasteiger partial charge in [-0.2, -0.15) is 0 Å². The first-order valence-corrected chi connectivity index (χ1v) is 8.42. The van der Waals surface area contributed by atoms with Crippen LogP contribution >= 0.6 is 0 Å². The van der Waals surface area contributed by atoms with Crippen LogP contribution in [0.1, 0.15) is 39.3 Å². The molecule has 0 saturated carbocycles. The maximum atomic E-state index is 12.6. The lowest BCUT2D eigenvalue weighted by Crippen LogP contribution is -2.42. The average molecular weight is 356 g/mol. The van der Waals surface area contributed by atoms with Gasteiger partial charge in [-0.05, 0) is 50.1 Å². The first kappa shape index (κ1) is 17.7. The Balaban J connectivity index is 1.64. The van der Waals surface area contributed by atoms with Crippen LogP contribution < -0.4 is 5.32 Å². The number of furan rings is 1. The molecule has 1 saturated heterocycles. The third-order valence-corrected chi connectivity index (χ3v) is 4.44. The van der Waals surface area contributed by atoms with Crippen molar-refractivity contribution in [3.8, 4) is 0 Å². The van der Waals surface area contributed by atoms with Gasteiger partial charge in [-0.3, -0.25) is 14.4 Å². The van der Waals surface area contributed by atoms with E-state index in [0.717, 1.165) is 0 Å². The van der Waals surface area contributed by atoms with E-state index in [1.54, 1.807) is 42.2 Å². The number of rotatable bonds is 4. The molecule has 1 aliphatic heterocycles. The van der Waals surface area contributed by atoms with Crippen molar-refractivity contribution >= 4 is 23.5 Å². The summed E-state index contributed by atoms with van der Waals surface area (Å²) in [6, 6.07) is 8.20. The summed E-state index contributed by atoms with van der Waals surface area (Å²) in [6.45, 7) is 2.54. The van der Waals surface area contributed by atoms with E-state index in [9.17, 15) is 14.4 Å². The van der Waals surface area contributed by atoms with E-state index in [1.807, 2.05) is 0 Å². The first-order chi connectivity index (χ1) is 12.4. The van der Waals surface area contributed by atoms with E-state index in [1.165, 1.54) is 6.26 Å². The summed E-state index contributed by atoms with van der Waals surface area (Å²) in [4.78, 5) is 37.4. The van der Waals surface area contributed by atoms with Crippen LogP contribution in [0.4, 0.5) is 5.69 Å². The molecule has 1 fully saturated rings. The van der Waals surface area contributed by atoms with Gasteiger partial charge >= 0.3 is 5.97 Å². The Morgan fingerprint density at radius 3 is 2.54 bits per heavy atom. The van der Waals surface area contributed by atoms with Crippen LogP contribution in [0.5, 0.6) is 0 Å². The number of nitrogens with zero attached hydrogens (tertiary/aromatic N) is 1. The maximum Gasteiger partial charge on any atom is 0.308 e. The number of carboxylic acid groups (broad SMARTS) is 1. The van der Waals surface area contributed by atoms with Crippen molar-refractivity contribution in [1.29, 1.82) is 0 Å². The van der Waals surface area contributed by atoms with Gasteiger partial charge < -0.3 is 19.7 Å². The summed E-state index contributed by atoms with van der Waals surface area (Å²) in [5.41, 5.74) is 1.45. The monoisotopic (exact) mass is 356 g/mol. The van der Waals surface area contributed by atoms with E-state index in [0.29, 0.717) is 42.0 Å². The number of aliphatic carboxylic acids is 1. The van der Waals surface area contributed by atoms with Gasteiger partial charge in [0.1, 0.15) is 12.0 Å². The van der Waals surface area contributed by atoms with Gasteiger partial charge in [-0.15, -0.1) is 0 Å². The van der Waals surface area contributed by atoms with Gasteiger partial charge in [0.05, 0.1) is 11.5 Å². The largest absolute Gasteiger partial charge is 0.481 e. The Hall–Kier alpha value is -3.09. The number of carbonyl (C=O) groups is 3. The van der Waals surface area contributed by atoms with Gasteiger partial charge in [-0.1, -0.05) is 0 Å². The number of hydrogen-bond acceptors (Lipinski definition) is 4. The molecule has 0 radical (unpaired) electrons. The molecule has 2 aromatic rings. The highest BCUT2D eigenvalue weighted by molar-refractivity contribution is 6.04. The number of amides is 2. The molecule has 7 nitrogen and oxygen atoms in total. The number of carboxylic acids is 1. The molecule has 2 amide bonds. The zero-order valence-corrected chi connectivity index (χ0v) is 14.4. The average Bonchev–Trinajstić information content (AvgIpc) is 3.08. The second-order valence-electron chi connectivity index (χ2n) is 6.41. The van der Waals surface area contributed by atoms with Crippen molar-refractivity contribution < 1.29 is 23.9 Å². The smallest absolute Gasteiger partial charge is 0.308 e. The summed E-state index contributed by atoms with van der Waals surface area (Å²) < 4.78 is 5.11. The number of carbonyl (C=O) groups excluding carboxylic acids is 2. The molecule has 26 heavy (non-hydrogen) atoms. The highest BCUT2D eigenvalue weighted by Gasteiger charge is 2.28. The van der Waals surface area contributed by atoms with Crippen molar-refractivity contribution in [2.75, 3.05) is 18.4 Å². The molecule has 3 rings (SSSR count).